The molecular formula is C28H34N4O4. The van der Waals surface area contributed by atoms with Crippen molar-refractivity contribution in [2.75, 3.05) is 25.5 Å². The van der Waals surface area contributed by atoms with Crippen molar-refractivity contribution in [1.29, 1.82) is 0 Å². The number of oxazole rings is 1. The van der Waals surface area contributed by atoms with Gasteiger partial charge in [0.15, 0.2) is 5.58 Å². The first-order chi connectivity index (χ1) is 17.4. The van der Waals surface area contributed by atoms with Crippen LogP contribution < -0.4 is 15.5 Å². The number of Topliss-reactive ketones (excluding diaryl/α,β-unsaturated/α-hetero) is 1. The highest BCUT2D eigenvalue weighted by Gasteiger charge is 2.40. The molecule has 2 N–H and O–H groups in total. The topological polar surface area (TPSA) is 105 Å². The summed E-state index contributed by atoms with van der Waals surface area (Å²) in [6, 6.07) is 14.6. The Kier molecular flexibility index (Phi) is 8.03. The third-order valence-corrected chi connectivity index (χ3v) is 6.79. The van der Waals surface area contributed by atoms with E-state index in [1.807, 2.05) is 49.3 Å². The van der Waals surface area contributed by atoms with Crippen molar-refractivity contribution in [3.8, 4) is 0 Å². The molecule has 1 aromatic heterocycles. The molecule has 0 spiro atoms. The van der Waals surface area contributed by atoms with Crippen LogP contribution in [0.5, 0.6) is 0 Å². The Morgan fingerprint density at radius 1 is 0.972 bits per heavy atom. The average molecular weight is 491 g/mol. The van der Waals surface area contributed by atoms with Gasteiger partial charge < -0.3 is 20.0 Å². The fourth-order valence-corrected chi connectivity index (χ4v) is 4.64. The Labute approximate surface area is 211 Å². The van der Waals surface area contributed by atoms with E-state index in [-0.39, 0.29) is 23.5 Å². The quantitative estimate of drug-likeness (QED) is 0.320. The molecule has 0 radical (unpaired) electrons. The van der Waals surface area contributed by atoms with Gasteiger partial charge in [0.05, 0.1) is 0 Å². The van der Waals surface area contributed by atoms with Crippen LogP contribution in [0.25, 0.3) is 11.1 Å². The predicted molar refractivity (Wildman–Crippen MR) is 139 cm³/mol. The van der Waals surface area contributed by atoms with Crippen molar-refractivity contribution in [2.24, 2.45) is 0 Å². The van der Waals surface area contributed by atoms with Gasteiger partial charge in [-0.05, 0) is 62.1 Å². The van der Waals surface area contributed by atoms with Crippen LogP contribution in [0.2, 0.25) is 0 Å². The number of hydrogen-bond acceptors (Lipinski definition) is 6. The highest BCUT2D eigenvalue weighted by molar-refractivity contribution is 5.99. The third kappa shape index (κ3) is 5.93. The molecule has 0 saturated heterocycles. The molecule has 4 rings (SSSR count). The molecule has 8 heteroatoms. The molecule has 2 aromatic carbocycles. The minimum Gasteiger partial charge on any atom is -0.434 e. The second-order valence-corrected chi connectivity index (χ2v) is 9.66. The zero-order valence-corrected chi connectivity index (χ0v) is 21.0. The van der Waals surface area contributed by atoms with E-state index in [1.54, 1.807) is 18.2 Å². The van der Waals surface area contributed by atoms with Crippen molar-refractivity contribution < 1.29 is 18.8 Å². The predicted octanol–water partition coefficient (Wildman–Crippen LogP) is 4.50. The number of unbranched alkanes of at least 4 members (excludes halogenated alkanes) is 1. The molecule has 0 bridgehead atoms. The molecule has 1 fully saturated rings. The number of amides is 2. The van der Waals surface area contributed by atoms with Crippen LogP contribution in [0.1, 0.15) is 72.4 Å². The first-order valence-corrected chi connectivity index (χ1v) is 12.6. The van der Waals surface area contributed by atoms with Gasteiger partial charge in [-0.25, -0.2) is 4.98 Å². The Bertz CT molecular complexity index is 1180. The van der Waals surface area contributed by atoms with E-state index in [2.05, 4.69) is 15.6 Å². The normalized spacial score (nSPS) is 14.8. The van der Waals surface area contributed by atoms with Gasteiger partial charge >= 0.3 is 0 Å². The zero-order chi connectivity index (χ0) is 25.5. The SMILES string of the molecule is CN(C)c1ccc(C(=O)NC2(C(=O)NCCCCC(=O)c3nc4ccccc4o3)CCCCC2)cc1. The standard InChI is InChI=1S/C28H34N4O4/c1-32(2)21-15-13-20(14-16-21)25(34)31-28(17-7-3-8-18-28)27(35)29-19-9-6-11-23(33)26-30-22-10-4-5-12-24(22)36-26/h4-5,10,12-16H,3,6-9,11,17-19H2,1-2H3,(H,29,35)(H,31,34). The number of benzene rings is 2. The van der Waals surface area contributed by atoms with Gasteiger partial charge in [0.25, 0.3) is 11.8 Å². The van der Waals surface area contributed by atoms with Gasteiger partial charge in [0.1, 0.15) is 11.1 Å². The summed E-state index contributed by atoms with van der Waals surface area (Å²) in [4.78, 5) is 44.9. The molecule has 0 aliphatic heterocycles. The number of anilines is 1. The van der Waals surface area contributed by atoms with Crippen LogP contribution in [-0.4, -0.2) is 48.8 Å². The minimum absolute atomic E-state index is 0.128. The highest BCUT2D eigenvalue weighted by atomic mass is 16.4. The summed E-state index contributed by atoms with van der Waals surface area (Å²) in [5, 5.41) is 6.05. The van der Waals surface area contributed by atoms with Crippen molar-refractivity contribution in [1.82, 2.24) is 15.6 Å². The van der Waals surface area contributed by atoms with Crippen LogP contribution in [0, 0.1) is 0 Å². The molecule has 3 aromatic rings. The first kappa shape index (κ1) is 25.4. The maximum atomic E-state index is 13.2. The van der Waals surface area contributed by atoms with Crippen LogP contribution in [0.3, 0.4) is 0 Å². The van der Waals surface area contributed by atoms with Crippen molar-refractivity contribution in [3.63, 3.8) is 0 Å². The number of nitrogens with one attached hydrogen (secondary N) is 2. The number of carbonyl (C=O) groups excluding carboxylic acids is 3. The number of para-hydroxylation sites is 2. The monoisotopic (exact) mass is 490 g/mol. The van der Waals surface area contributed by atoms with Crippen molar-refractivity contribution in [3.05, 3.63) is 60.0 Å². The van der Waals surface area contributed by atoms with E-state index in [1.165, 1.54) is 0 Å². The van der Waals surface area contributed by atoms with Gasteiger partial charge in [-0.3, -0.25) is 14.4 Å². The lowest BCUT2D eigenvalue weighted by molar-refractivity contribution is -0.128. The molecule has 8 nitrogen and oxygen atoms in total. The zero-order valence-electron chi connectivity index (χ0n) is 21.0. The highest BCUT2D eigenvalue weighted by Crippen LogP contribution is 2.29. The second kappa shape index (κ2) is 11.4. The molecule has 190 valence electrons. The molecule has 1 heterocycles. The summed E-state index contributed by atoms with van der Waals surface area (Å²) in [6.45, 7) is 0.439. The van der Waals surface area contributed by atoms with Crippen molar-refractivity contribution >= 4 is 34.4 Å². The number of hydrogen-bond donors (Lipinski definition) is 2. The first-order valence-electron chi connectivity index (χ1n) is 12.6. The summed E-state index contributed by atoms with van der Waals surface area (Å²) in [6.07, 6.45) is 5.64. The Balaban J connectivity index is 1.28. The van der Waals surface area contributed by atoms with Gasteiger partial charge in [-0.1, -0.05) is 31.4 Å². The fourth-order valence-electron chi connectivity index (χ4n) is 4.64. The van der Waals surface area contributed by atoms with E-state index in [0.29, 0.717) is 55.3 Å². The van der Waals surface area contributed by atoms with E-state index in [9.17, 15) is 14.4 Å². The van der Waals surface area contributed by atoms with E-state index in [0.717, 1.165) is 24.9 Å². The average Bonchev–Trinajstić information content (AvgIpc) is 3.33. The summed E-state index contributed by atoms with van der Waals surface area (Å²) in [7, 11) is 3.89. The largest absolute Gasteiger partial charge is 0.434 e. The molecule has 1 aliphatic rings. The molecule has 1 aliphatic carbocycles. The van der Waals surface area contributed by atoms with E-state index >= 15 is 0 Å². The number of aromatic nitrogens is 1. The Morgan fingerprint density at radius 2 is 1.69 bits per heavy atom. The number of ketones is 1. The summed E-state index contributed by atoms with van der Waals surface area (Å²) in [5.41, 5.74) is 1.91. The lowest BCUT2D eigenvalue weighted by atomic mass is 9.80. The van der Waals surface area contributed by atoms with Crippen LogP contribution >= 0.6 is 0 Å². The van der Waals surface area contributed by atoms with E-state index in [4.69, 9.17) is 4.42 Å². The molecule has 1 saturated carbocycles. The van der Waals surface area contributed by atoms with Gasteiger partial charge in [0.2, 0.25) is 11.7 Å². The van der Waals surface area contributed by atoms with Gasteiger partial charge in [-0.15, -0.1) is 0 Å². The second-order valence-electron chi connectivity index (χ2n) is 9.66. The number of rotatable bonds is 10. The maximum Gasteiger partial charge on any atom is 0.264 e. The molecule has 36 heavy (non-hydrogen) atoms. The summed E-state index contributed by atoms with van der Waals surface area (Å²) in [5.74, 6) is -0.399. The van der Waals surface area contributed by atoms with Crippen LogP contribution in [0.15, 0.2) is 52.9 Å². The number of carbonyl (C=O) groups is 3. The van der Waals surface area contributed by atoms with Gasteiger partial charge in [-0.2, -0.15) is 0 Å². The lowest BCUT2D eigenvalue weighted by Crippen LogP contribution is -2.59. The molecular weight excluding hydrogens is 456 g/mol. The van der Waals surface area contributed by atoms with Gasteiger partial charge in [0, 0.05) is 38.3 Å². The summed E-state index contributed by atoms with van der Waals surface area (Å²) < 4.78 is 5.54. The Morgan fingerprint density at radius 3 is 2.39 bits per heavy atom. The summed E-state index contributed by atoms with van der Waals surface area (Å²) >= 11 is 0. The van der Waals surface area contributed by atoms with Crippen molar-refractivity contribution in [2.45, 2.75) is 56.9 Å². The fraction of sp³-hybridized carbons (Fsp3) is 0.429. The third-order valence-electron chi connectivity index (χ3n) is 6.79. The maximum absolute atomic E-state index is 13.2. The lowest BCUT2D eigenvalue weighted by Gasteiger charge is -2.36. The number of fused-ring (bicyclic) bond motifs is 1. The molecule has 0 atom stereocenters. The molecule has 2 amide bonds. The number of nitrogens with zero attached hydrogens (tertiary/aromatic N) is 2. The van der Waals surface area contributed by atoms with Crippen LogP contribution in [-0.2, 0) is 4.79 Å². The van der Waals surface area contributed by atoms with E-state index < -0.39 is 5.54 Å². The Hall–Kier alpha value is -3.68. The van der Waals surface area contributed by atoms with Crippen LogP contribution in [0.4, 0.5) is 5.69 Å². The smallest absolute Gasteiger partial charge is 0.264 e. The minimum atomic E-state index is -0.899. The molecule has 0 unspecified atom stereocenters.